The molecule has 0 bridgehead atoms. The minimum atomic E-state index is 0.243. The van der Waals surface area contributed by atoms with Gasteiger partial charge in [-0.25, -0.2) is 0 Å². The van der Waals surface area contributed by atoms with Crippen molar-refractivity contribution in [2.45, 2.75) is 38.2 Å². The molecule has 0 aromatic carbocycles. The third-order valence-corrected chi connectivity index (χ3v) is 2.87. The van der Waals surface area contributed by atoms with Crippen LogP contribution >= 0.6 is 0 Å². The molecule has 0 amide bonds. The minimum absolute atomic E-state index is 0.243. The third kappa shape index (κ3) is 6.44. The summed E-state index contributed by atoms with van der Waals surface area (Å²) in [4.78, 5) is 0. The van der Waals surface area contributed by atoms with E-state index in [1.54, 1.807) is 7.11 Å². The lowest BCUT2D eigenvalue weighted by Gasteiger charge is -2.16. The van der Waals surface area contributed by atoms with Crippen molar-refractivity contribution in [2.75, 3.05) is 20.3 Å². The number of allylic oxidation sites excluding steroid dienone is 3. The smallest absolute Gasteiger partial charge is 0.0799 e. The van der Waals surface area contributed by atoms with Crippen LogP contribution in [-0.4, -0.2) is 26.4 Å². The van der Waals surface area contributed by atoms with Crippen molar-refractivity contribution in [3.8, 4) is 0 Å². The number of ether oxygens (including phenoxy) is 2. The molecule has 0 saturated carbocycles. The molecule has 0 fully saturated rings. The molecular formula is C15H24O2. The van der Waals surface area contributed by atoms with Crippen LogP contribution < -0.4 is 0 Å². The summed E-state index contributed by atoms with van der Waals surface area (Å²) in [5, 5.41) is 0. The molecular weight excluding hydrogens is 212 g/mol. The first-order valence-electron chi connectivity index (χ1n) is 6.48. The Labute approximate surface area is 105 Å². The van der Waals surface area contributed by atoms with Crippen LogP contribution in [0.2, 0.25) is 0 Å². The van der Waals surface area contributed by atoms with Crippen molar-refractivity contribution < 1.29 is 9.47 Å². The summed E-state index contributed by atoms with van der Waals surface area (Å²) in [6, 6.07) is 0. The molecule has 1 atom stereocenters. The van der Waals surface area contributed by atoms with Gasteiger partial charge >= 0.3 is 0 Å². The molecule has 2 heteroatoms. The highest BCUT2D eigenvalue weighted by Crippen LogP contribution is 2.14. The summed E-state index contributed by atoms with van der Waals surface area (Å²) in [5.41, 5.74) is 1.17. The highest BCUT2D eigenvalue weighted by atomic mass is 16.5. The Balaban J connectivity index is 2.01. The molecule has 0 radical (unpaired) electrons. The van der Waals surface area contributed by atoms with Gasteiger partial charge < -0.3 is 9.47 Å². The SMILES string of the molecule is C=CC1=CC(OCCCCCCOC)CC=C1. The molecule has 96 valence electrons. The molecule has 0 heterocycles. The first kappa shape index (κ1) is 14.2. The summed E-state index contributed by atoms with van der Waals surface area (Å²) >= 11 is 0. The van der Waals surface area contributed by atoms with Crippen molar-refractivity contribution in [1.29, 1.82) is 0 Å². The van der Waals surface area contributed by atoms with Gasteiger partial charge in [0, 0.05) is 20.3 Å². The molecule has 17 heavy (non-hydrogen) atoms. The maximum absolute atomic E-state index is 5.81. The minimum Gasteiger partial charge on any atom is -0.385 e. The molecule has 0 N–H and O–H groups in total. The summed E-state index contributed by atoms with van der Waals surface area (Å²) in [6.07, 6.45) is 14.3. The molecule has 0 aromatic heterocycles. The lowest BCUT2D eigenvalue weighted by molar-refractivity contribution is 0.0823. The first-order valence-corrected chi connectivity index (χ1v) is 6.48. The van der Waals surface area contributed by atoms with E-state index in [1.165, 1.54) is 18.4 Å². The Bertz CT molecular complexity index is 266. The predicted octanol–water partition coefficient (Wildman–Crippen LogP) is 3.65. The zero-order chi connectivity index (χ0) is 12.3. The van der Waals surface area contributed by atoms with Crippen molar-refractivity contribution >= 4 is 0 Å². The molecule has 1 unspecified atom stereocenters. The number of unbranched alkanes of at least 4 members (excludes halogenated alkanes) is 3. The Morgan fingerprint density at radius 3 is 2.76 bits per heavy atom. The molecule has 1 aliphatic rings. The summed E-state index contributed by atoms with van der Waals surface area (Å²) in [5.74, 6) is 0. The second-order valence-electron chi connectivity index (χ2n) is 4.33. The van der Waals surface area contributed by atoms with Gasteiger partial charge in [-0.15, -0.1) is 0 Å². The van der Waals surface area contributed by atoms with Gasteiger partial charge in [0.15, 0.2) is 0 Å². The van der Waals surface area contributed by atoms with E-state index in [-0.39, 0.29) is 6.10 Å². The second kappa shape index (κ2) is 9.20. The molecule has 1 aliphatic carbocycles. The highest BCUT2D eigenvalue weighted by Gasteiger charge is 2.07. The van der Waals surface area contributed by atoms with Crippen molar-refractivity contribution in [1.82, 2.24) is 0 Å². The molecule has 1 rings (SSSR count). The van der Waals surface area contributed by atoms with Gasteiger partial charge in [-0.3, -0.25) is 0 Å². The highest BCUT2D eigenvalue weighted by molar-refractivity contribution is 5.33. The van der Waals surface area contributed by atoms with E-state index in [4.69, 9.17) is 9.47 Å². The topological polar surface area (TPSA) is 18.5 Å². The van der Waals surface area contributed by atoms with E-state index in [2.05, 4.69) is 24.8 Å². The van der Waals surface area contributed by atoms with Gasteiger partial charge in [-0.2, -0.15) is 0 Å². The number of hydrogen-bond donors (Lipinski definition) is 0. The van der Waals surface area contributed by atoms with Crippen molar-refractivity contribution in [3.63, 3.8) is 0 Å². The quantitative estimate of drug-likeness (QED) is 0.569. The second-order valence-corrected chi connectivity index (χ2v) is 4.33. The van der Waals surface area contributed by atoms with Gasteiger partial charge in [0.2, 0.25) is 0 Å². The van der Waals surface area contributed by atoms with Crippen molar-refractivity contribution in [2.24, 2.45) is 0 Å². The fourth-order valence-corrected chi connectivity index (χ4v) is 1.87. The van der Waals surface area contributed by atoms with Gasteiger partial charge in [0.05, 0.1) is 6.10 Å². The van der Waals surface area contributed by atoms with Crippen LogP contribution in [0.3, 0.4) is 0 Å². The number of methoxy groups -OCH3 is 1. The van der Waals surface area contributed by atoms with Gasteiger partial charge in [0.1, 0.15) is 0 Å². The van der Waals surface area contributed by atoms with Crippen LogP contribution in [0, 0.1) is 0 Å². The Morgan fingerprint density at radius 2 is 2.06 bits per heavy atom. The fourth-order valence-electron chi connectivity index (χ4n) is 1.87. The largest absolute Gasteiger partial charge is 0.385 e. The fraction of sp³-hybridized carbons (Fsp3) is 0.600. The van der Waals surface area contributed by atoms with E-state index in [0.717, 1.165) is 32.5 Å². The maximum atomic E-state index is 5.81. The van der Waals surface area contributed by atoms with E-state index >= 15 is 0 Å². The first-order chi connectivity index (χ1) is 8.36. The summed E-state index contributed by atoms with van der Waals surface area (Å²) < 4.78 is 10.8. The van der Waals surface area contributed by atoms with Crippen LogP contribution in [-0.2, 0) is 9.47 Å². The number of rotatable bonds is 9. The monoisotopic (exact) mass is 236 g/mol. The van der Waals surface area contributed by atoms with E-state index in [1.807, 2.05) is 6.08 Å². The zero-order valence-corrected chi connectivity index (χ0v) is 10.9. The predicted molar refractivity (Wildman–Crippen MR) is 72.1 cm³/mol. The number of hydrogen-bond acceptors (Lipinski definition) is 2. The zero-order valence-electron chi connectivity index (χ0n) is 10.9. The Morgan fingerprint density at radius 1 is 1.29 bits per heavy atom. The van der Waals surface area contributed by atoms with Crippen molar-refractivity contribution in [3.05, 3.63) is 36.5 Å². The summed E-state index contributed by atoms with van der Waals surface area (Å²) in [7, 11) is 1.75. The van der Waals surface area contributed by atoms with E-state index < -0.39 is 0 Å². The van der Waals surface area contributed by atoms with Gasteiger partial charge in [-0.05, 0) is 30.9 Å². The standard InChI is InChI=1S/C15H24O2/c1-3-14-9-8-10-15(13-14)17-12-7-5-4-6-11-16-2/h3,8-9,13,15H,1,4-7,10-12H2,2H3. The molecule has 0 aromatic rings. The Hall–Kier alpha value is -0.860. The van der Waals surface area contributed by atoms with Crippen LogP contribution in [0.4, 0.5) is 0 Å². The molecule has 0 saturated heterocycles. The lowest BCUT2D eigenvalue weighted by Crippen LogP contribution is -2.12. The van der Waals surface area contributed by atoms with Crippen LogP contribution in [0.1, 0.15) is 32.1 Å². The van der Waals surface area contributed by atoms with Crippen LogP contribution in [0.5, 0.6) is 0 Å². The molecule has 2 nitrogen and oxygen atoms in total. The van der Waals surface area contributed by atoms with Crippen LogP contribution in [0.15, 0.2) is 36.5 Å². The lowest BCUT2D eigenvalue weighted by atomic mass is 10.1. The van der Waals surface area contributed by atoms with Crippen LogP contribution in [0.25, 0.3) is 0 Å². The van der Waals surface area contributed by atoms with E-state index in [0.29, 0.717) is 0 Å². The van der Waals surface area contributed by atoms with E-state index in [9.17, 15) is 0 Å². The summed E-state index contributed by atoms with van der Waals surface area (Å²) in [6.45, 7) is 5.50. The third-order valence-electron chi connectivity index (χ3n) is 2.87. The molecule has 0 aliphatic heterocycles. The molecule has 0 spiro atoms. The van der Waals surface area contributed by atoms with Gasteiger partial charge in [-0.1, -0.05) is 37.6 Å². The average molecular weight is 236 g/mol. The normalized spacial score (nSPS) is 19.1. The Kier molecular flexibility index (Phi) is 7.69. The average Bonchev–Trinajstić information content (AvgIpc) is 2.38. The maximum Gasteiger partial charge on any atom is 0.0799 e. The van der Waals surface area contributed by atoms with Gasteiger partial charge in [0.25, 0.3) is 0 Å².